The third-order valence-corrected chi connectivity index (χ3v) is 2.05. The van der Waals surface area contributed by atoms with Crippen LogP contribution in [-0.2, 0) is 4.79 Å². The van der Waals surface area contributed by atoms with Crippen LogP contribution in [-0.4, -0.2) is 17.5 Å². The first-order chi connectivity index (χ1) is 6.27. The van der Waals surface area contributed by atoms with Gasteiger partial charge in [-0.3, -0.25) is 15.2 Å². The van der Waals surface area contributed by atoms with Crippen molar-refractivity contribution in [3.05, 3.63) is 35.7 Å². The number of amides is 1. The average Bonchev–Trinajstić information content (AvgIpc) is 2.38. The lowest BCUT2D eigenvalue weighted by atomic mass is 10.3. The van der Waals surface area contributed by atoms with E-state index in [2.05, 4.69) is 11.5 Å². The Morgan fingerprint density at radius 3 is 3.23 bits per heavy atom. The molecule has 0 bridgehead atoms. The van der Waals surface area contributed by atoms with Gasteiger partial charge in [0.15, 0.2) is 0 Å². The molecule has 3 N–H and O–H groups in total. The fourth-order valence-electron chi connectivity index (χ4n) is 1.38. The number of hydrogen-bond acceptors (Lipinski definition) is 3. The monoisotopic (exact) mass is 177 g/mol. The smallest absolute Gasteiger partial charge is 0.266 e. The van der Waals surface area contributed by atoms with Gasteiger partial charge in [-0.05, 0) is 18.6 Å². The van der Waals surface area contributed by atoms with E-state index in [0.717, 1.165) is 18.7 Å². The number of primary amides is 1. The number of rotatable bonds is 1. The molecule has 0 fully saturated rings. The van der Waals surface area contributed by atoms with Crippen LogP contribution in [0.4, 0.5) is 0 Å². The van der Waals surface area contributed by atoms with Gasteiger partial charge in [-0.25, -0.2) is 0 Å². The van der Waals surface area contributed by atoms with E-state index in [1.807, 2.05) is 17.2 Å². The summed E-state index contributed by atoms with van der Waals surface area (Å²) in [4.78, 5) is 10.9. The minimum Gasteiger partial charge on any atom is -0.364 e. The van der Waals surface area contributed by atoms with Crippen molar-refractivity contribution in [3.8, 4) is 0 Å². The van der Waals surface area contributed by atoms with Crippen molar-refractivity contribution >= 4 is 5.91 Å². The summed E-state index contributed by atoms with van der Waals surface area (Å²) >= 11 is 0. The normalized spacial score (nSPS) is 19.8. The van der Waals surface area contributed by atoms with Gasteiger partial charge in [-0.15, -0.1) is 0 Å². The van der Waals surface area contributed by atoms with Crippen molar-refractivity contribution in [2.24, 2.45) is 5.73 Å². The van der Waals surface area contributed by atoms with Gasteiger partial charge < -0.3 is 5.73 Å². The third-order valence-electron chi connectivity index (χ3n) is 2.05. The topological polar surface area (TPSA) is 58.4 Å². The molecule has 0 spiro atoms. The Labute approximate surface area is 76.4 Å². The van der Waals surface area contributed by atoms with Gasteiger partial charge >= 0.3 is 0 Å². The molecule has 0 aromatic rings. The Morgan fingerprint density at radius 1 is 1.62 bits per heavy atom. The van der Waals surface area contributed by atoms with Crippen molar-refractivity contribution in [1.82, 2.24) is 10.4 Å². The van der Waals surface area contributed by atoms with Gasteiger partial charge in [0.25, 0.3) is 5.91 Å². The highest BCUT2D eigenvalue weighted by molar-refractivity contribution is 5.92. The number of carbonyl (C=O) groups excluding carboxylic acids is 1. The van der Waals surface area contributed by atoms with Crippen LogP contribution < -0.4 is 11.2 Å². The molecular formula is C9H11N3O. The number of fused-ring (bicyclic) bond motifs is 1. The molecule has 0 aliphatic carbocycles. The van der Waals surface area contributed by atoms with E-state index in [4.69, 9.17) is 5.73 Å². The molecule has 0 saturated carbocycles. The summed E-state index contributed by atoms with van der Waals surface area (Å²) in [6.07, 6.45) is 8.75. The Balaban J connectivity index is 2.25. The van der Waals surface area contributed by atoms with Crippen LogP contribution in [0.3, 0.4) is 0 Å². The zero-order valence-electron chi connectivity index (χ0n) is 7.16. The zero-order valence-corrected chi connectivity index (χ0v) is 7.16. The molecule has 0 atom stereocenters. The highest BCUT2D eigenvalue weighted by atomic mass is 16.1. The standard InChI is InChI=1S/C9H11N3O/c10-9(13)8-6-7-4-2-1-3-5-12(7)11-8/h1-2,4,6,11H,3,5H2,(H2,10,13). The van der Waals surface area contributed by atoms with E-state index in [1.54, 1.807) is 6.08 Å². The summed E-state index contributed by atoms with van der Waals surface area (Å²) < 4.78 is 0. The van der Waals surface area contributed by atoms with Crippen LogP contribution in [0.5, 0.6) is 0 Å². The van der Waals surface area contributed by atoms with Crippen LogP contribution >= 0.6 is 0 Å². The number of hydrazine groups is 1. The molecule has 0 saturated heterocycles. The van der Waals surface area contributed by atoms with Gasteiger partial charge in [0.05, 0.1) is 5.70 Å². The van der Waals surface area contributed by atoms with Gasteiger partial charge in [0.1, 0.15) is 5.70 Å². The van der Waals surface area contributed by atoms with Gasteiger partial charge in [-0.1, -0.05) is 12.2 Å². The van der Waals surface area contributed by atoms with Crippen LogP contribution in [0, 0.1) is 0 Å². The predicted octanol–water partition coefficient (Wildman–Crippen LogP) is 0.0196. The second-order valence-corrected chi connectivity index (χ2v) is 2.99. The first-order valence-electron chi connectivity index (χ1n) is 4.20. The molecule has 68 valence electrons. The number of nitrogens with one attached hydrogen (secondary N) is 1. The quantitative estimate of drug-likeness (QED) is 0.593. The van der Waals surface area contributed by atoms with Crippen molar-refractivity contribution in [2.45, 2.75) is 6.42 Å². The van der Waals surface area contributed by atoms with E-state index < -0.39 is 5.91 Å². The predicted molar refractivity (Wildman–Crippen MR) is 49.0 cm³/mol. The second-order valence-electron chi connectivity index (χ2n) is 2.99. The van der Waals surface area contributed by atoms with Crippen LogP contribution in [0.15, 0.2) is 35.7 Å². The lowest BCUT2D eigenvalue weighted by Crippen LogP contribution is -2.35. The van der Waals surface area contributed by atoms with Crippen molar-refractivity contribution in [1.29, 1.82) is 0 Å². The van der Waals surface area contributed by atoms with Gasteiger partial charge in [-0.2, -0.15) is 0 Å². The Kier molecular flexibility index (Phi) is 1.81. The van der Waals surface area contributed by atoms with E-state index >= 15 is 0 Å². The third kappa shape index (κ3) is 1.42. The second kappa shape index (κ2) is 2.97. The maximum absolute atomic E-state index is 10.9. The maximum Gasteiger partial charge on any atom is 0.266 e. The fraction of sp³-hybridized carbons (Fsp3) is 0.222. The van der Waals surface area contributed by atoms with Gasteiger partial charge in [0.2, 0.25) is 0 Å². The summed E-state index contributed by atoms with van der Waals surface area (Å²) in [5.41, 5.74) is 9.54. The lowest BCUT2D eigenvalue weighted by Gasteiger charge is -2.19. The number of hydrogen-bond donors (Lipinski definition) is 2. The maximum atomic E-state index is 10.9. The molecule has 13 heavy (non-hydrogen) atoms. The van der Waals surface area contributed by atoms with E-state index in [1.165, 1.54) is 0 Å². The molecule has 1 amide bonds. The Hall–Kier alpha value is -1.71. The zero-order chi connectivity index (χ0) is 9.26. The molecule has 2 rings (SSSR count). The molecule has 4 nitrogen and oxygen atoms in total. The molecule has 2 aliphatic heterocycles. The van der Waals surface area contributed by atoms with Crippen LogP contribution in [0.25, 0.3) is 0 Å². The van der Waals surface area contributed by atoms with Crippen LogP contribution in [0.1, 0.15) is 6.42 Å². The highest BCUT2D eigenvalue weighted by Gasteiger charge is 2.20. The molecule has 2 aliphatic rings. The first-order valence-corrected chi connectivity index (χ1v) is 4.20. The Morgan fingerprint density at radius 2 is 2.46 bits per heavy atom. The van der Waals surface area contributed by atoms with Crippen molar-refractivity contribution < 1.29 is 4.79 Å². The van der Waals surface area contributed by atoms with E-state index in [-0.39, 0.29) is 0 Å². The molecule has 0 aromatic carbocycles. The molecule has 4 heteroatoms. The summed E-state index contributed by atoms with van der Waals surface area (Å²) in [5, 5.41) is 1.92. The first kappa shape index (κ1) is 7.91. The fourth-order valence-corrected chi connectivity index (χ4v) is 1.38. The lowest BCUT2D eigenvalue weighted by molar-refractivity contribution is -0.115. The SMILES string of the molecule is NC(=O)C1=CC2=CC=CCCN2N1. The number of nitrogens with two attached hydrogens (primary N) is 1. The summed E-state index contributed by atoms with van der Waals surface area (Å²) in [6.45, 7) is 0.857. The summed E-state index contributed by atoms with van der Waals surface area (Å²) in [6, 6.07) is 0. The van der Waals surface area contributed by atoms with E-state index in [9.17, 15) is 4.79 Å². The Bertz CT molecular complexity index is 328. The minimum atomic E-state index is -0.419. The van der Waals surface area contributed by atoms with Gasteiger partial charge in [0, 0.05) is 6.54 Å². The van der Waals surface area contributed by atoms with Crippen molar-refractivity contribution in [2.75, 3.05) is 6.54 Å². The van der Waals surface area contributed by atoms with Crippen molar-refractivity contribution in [3.63, 3.8) is 0 Å². The van der Waals surface area contributed by atoms with Crippen LogP contribution in [0.2, 0.25) is 0 Å². The number of allylic oxidation sites excluding steroid dienone is 3. The average molecular weight is 177 g/mol. The number of carbonyl (C=O) groups is 1. The highest BCUT2D eigenvalue weighted by Crippen LogP contribution is 2.17. The minimum absolute atomic E-state index is 0.419. The molecule has 0 aromatic heterocycles. The molecular weight excluding hydrogens is 166 g/mol. The largest absolute Gasteiger partial charge is 0.364 e. The number of nitrogens with zero attached hydrogens (tertiary/aromatic N) is 1. The molecule has 0 unspecified atom stereocenters. The molecule has 0 radical (unpaired) electrons. The van der Waals surface area contributed by atoms with E-state index in [0.29, 0.717) is 5.70 Å². The summed E-state index contributed by atoms with van der Waals surface area (Å²) in [5.74, 6) is -0.419. The summed E-state index contributed by atoms with van der Waals surface area (Å²) in [7, 11) is 0. The molecule has 2 heterocycles.